The summed E-state index contributed by atoms with van der Waals surface area (Å²) in [5.41, 5.74) is 0. The molecule has 0 heterocycles. The van der Waals surface area contributed by atoms with E-state index in [-0.39, 0.29) is 417 Å². The molecule has 0 aromatic rings. The molecule has 0 aromatic carbocycles. The van der Waals surface area contributed by atoms with Crippen LogP contribution >= 0.6 is 0 Å². The number of carboxylic acid groups (broad SMARTS) is 12. The third-order valence-corrected chi connectivity index (χ3v) is 0. The molecule has 24 nitrogen and oxygen atoms in total. The number of hydrogen-bond acceptors (Lipinski definition) is 12. The second kappa shape index (κ2) is 391. The molecule has 0 bridgehead atoms. The van der Waals surface area contributed by atoms with E-state index in [9.17, 15) is 0 Å². The summed E-state index contributed by atoms with van der Waals surface area (Å²) in [5, 5.41) is 82.7. The Morgan fingerprint density at radius 2 is 0.156 bits per heavy atom. The third kappa shape index (κ3) is 4360. The maximum absolute atomic E-state index is 8.36. The molecule has 0 saturated heterocycles. The SMILES string of the molecule is O=CO.O=CO.O=CO.O=CO.O=CO.O=CO.O=CO.O=CO.O=CO.O=CO.O=CO.O=CO.[CaH2].[CaH2].[CaH2].[CaH2].[CaH2].[CaH2].[CaH2].[CaH2].[CaH2]. The van der Waals surface area contributed by atoms with Gasteiger partial charge in [0.1, 0.15) is 0 Å². The second-order valence-electron chi connectivity index (χ2n) is 1.26. The van der Waals surface area contributed by atoms with Crippen molar-refractivity contribution in [2.24, 2.45) is 0 Å². The van der Waals surface area contributed by atoms with Gasteiger partial charge in [-0.2, -0.15) is 0 Å². The van der Waals surface area contributed by atoms with E-state index in [1.807, 2.05) is 0 Å². The van der Waals surface area contributed by atoms with Gasteiger partial charge in [-0.15, -0.1) is 0 Å². The van der Waals surface area contributed by atoms with Crippen LogP contribution in [0.5, 0.6) is 0 Å². The first-order chi connectivity index (χ1) is 17.0. The van der Waals surface area contributed by atoms with Gasteiger partial charge in [-0.25, -0.2) is 0 Å². The van der Waals surface area contributed by atoms with Crippen LogP contribution in [0.3, 0.4) is 0 Å². The normalized spacial score (nSPS) is 3.20. The van der Waals surface area contributed by atoms with E-state index in [1.165, 1.54) is 0 Å². The van der Waals surface area contributed by atoms with E-state index in [4.69, 9.17) is 119 Å². The van der Waals surface area contributed by atoms with Gasteiger partial charge in [0, 0.05) is 0 Å². The fourth-order valence-electron chi connectivity index (χ4n) is 0. The number of carbonyl (C=O) groups is 12. The van der Waals surface area contributed by atoms with Gasteiger partial charge in [0.2, 0.25) is 0 Å². The summed E-state index contributed by atoms with van der Waals surface area (Å²) < 4.78 is 0. The van der Waals surface area contributed by atoms with Gasteiger partial charge in [0.25, 0.3) is 77.7 Å². The van der Waals surface area contributed by atoms with Crippen LogP contribution in [0.25, 0.3) is 0 Å². The molecule has 252 valence electrons. The summed E-state index contributed by atoms with van der Waals surface area (Å²) in [5.74, 6) is 0. The van der Waals surface area contributed by atoms with E-state index in [2.05, 4.69) is 0 Å². The monoisotopic (exact) mass is 930 g/mol. The van der Waals surface area contributed by atoms with E-state index in [1.54, 1.807) is 0 Å². The summed E-state index contributed by atoms with van der Waals surface area (Å²) in [7, 11) is 0. The van der Waals surface area contributed by atoms with Crippen molar-refractivity contribution in [3.63, 3.8) is 0 Å². The van der Waals surface area contributed by atoms with Crippen molar-refractivity contribution in [2.75, 3.05) is 0 Å². The summed E-state index contributed by atoms with van der Waals surface area (Å²) >= 11 is 0. The van der Waals surface area contributed by atoms with E-state index < -0.39 is 0 Å². The summed E-state index contributed by atoms with van der Waals surface area (Å²) in [4.78, 5) is 100. The molecule has 12 N–H and O–H groups in total. The molecule has 0 aliphatic rings. The Kier molecular flexibility index (Phi) is 1240. The number of hydrogen-bond donors (Lipinski definition) is 12. The molecule has 0 saturated carbocycles. The average molecular weight is 931 g/mol. The fourth-order valence-corrected chi connectivity index (χ4v) is 0. The molecular formula is C12H42Ca9O24. The Morgan fingerprint density at radius 1 is 0.156 bits per heavy atom. The zero-order chi connectivity index (χ0) is 32.5. The first kappa shape index (κ1) is 143. The molecule has 0 unspecified atom stereocenters. The van der Waals surface area contributed by atoms with Crippen LogP contribution in [0, 0.1) is 0 Å². The van der Waals surface area contributed by atoms with Crippen molar-refractivity contribution in [3.05, 3.63) is 0 Å². The van der Waals surface area contributed by atoms with Crippen LogP contribution in [0.4, 0.5) is 0 Å². The van der Waals surface area contributed by atoms with Crippen molar-refractivity contribution in [1.82, 2.24) is 0 Å². The predicted molar refractivity (Wildman–Crippen MR) is 181 cm³/mol. The van der Waals surface area contributed by atoms with E-state index >= 15 is 0 Å². The first-order valence-corrected chi connectivity index (χ1v) is 5.93. The van der Waals surface area contributed by atoms with Crippen LogP contribution in [0.2, 0.25) is 0 Å². The van der Waals surface area contributed by atoms with Gasteiger partial charge in [-0.1, -0.05) is 0 Å². The van der Waals surface area contributed by atoms with Crippen LogP contribution < -0.4 is 0 Å². The fraction of sp³-hybridized carbons (Fsp3) is 0. The first-order valence-electron chi connectivity index (χ1n) is 5.93. The Balaban J connectivity index is -0.00000000722. The van der Waals surface area contributed by atoms with Gasteiger partial charge in [0.05, 0.1) is 0 Å². The third-order valence-electron chi connectivity index (χ3n) is 0. The van der Waals surface area contributed by atoms with Crippen LogP contribution in [0.1, 0.15) is 0 Å². The van der Waals surface area contributed by atoms with Crippen molar-refractivity contribution in [2.45, 2.75) is 0 Å². The van der Waals surface area contributed by atoms with Gasteiger partial charge in [-0.3, -0.25) is 57.5 Å². The molecule has 0 rings (SSSR count). The molecule has 45 heavy (non-hydrogen) atoms. The van der Waals surface area contributed by atoms with Crippen LogP contribution in [-0.4, -0.2) is 479 Å². The Hall–Kier alpha value is 4.98. The summed E-state index contributed by atoms with van der Waals surface area (Å²) in [6.07, 6.45) is 0. The van der Waals surface area contributed by atoms with Gasteiger partial charge in [0.15, 0.2) is 0 Å². The molecule has 0 spiro atoms. The molecule has 0 aliphatic heterocycles. The molecule has 0 fully saturated rings. The quantitative estimate of drug-likeness (QED) is 0.0792. The zero-order valence-electron chi connectivity index (χ0n) is 17.2. The standard InChI is InChI=1S/12CH2O2.9Ca.18H/c12*2-1-3;;;;;;;;;;;;;;;;;;;;;;;;;;;/h12*1H,(H,2,3);;;;;;;;;;;;;;;;;;;;;;;;;;;. The Labute approximate surface area is 522 Å². The molecule has 0 aliphatic carbocycles. The molecule has 0 radical (unpaired) electrons. The molecule has 0 atom stereocenters. The van der Waals surface area contributed by atoms with Crippen molar-refractivity contribution in [3.8, 4) is 0 Å². The van der Waals surface area contributed by atoms with E-state index in [0.29, 0.717) is 0 Å². The molecule has 0 aromatic heterocycles. The van der Waals surface area contributed by atoms with Gasteiger partial charge in [-0.05, 0) is 0 Å². The maximum atomic E-state index is 8.36. The van der Waals surface area contributed by atoms with Gasteiger partial charge < -0.3 is 61.3 Å². The second-order valence-corrected chi connectivity index (χ2v) is 1.26. The Bertz CT molecular complexity index is 285. The molecular weight excluding hydrogens is 889 g/mol. The van der Waals surface area contributed by atoms with Crippen LogP contribution in [0.15, 0.2) is 0 Å². The topological polar surface area (TPSA) is 448 Å². The number of rotatable bonds is 0. The average Bonchev–Trinajstić information content (AvgIpc) is 2.75. The summed E-state index contributed by atoms with van der Waals surface area (Å²) in [6, 6.07) is 0. The van der Waals surface area contributed by atoms with Crippen molar-refractivity contribution >= 4 is 417 Å². The van der Waals surface area contributed by atoms with Crippen molar-refractivity contribution in [1.29, 1.82) is 0 Å². The minimum absolute atomic E-state index is 0. The van der Waals surface area contributed by atoms with Gasteiger partial charge >= 0.3 is 340 Å². The molecule has 33 heteroatoms. The minimum atomic E-state index is -0.250. The van der Waals surface area contributed by atoms with Crippen LogP contribution in [-0.2, 0) is 57.5 Å². The summed E-state index contributed by atoms with van der Waals surface area (Å²) in [6.45, 7) is -3.00. The van der Waals surface area contributed by atoms with Crippen molar-refractivity contribution < 1.29 is 119 Å². The molecule has 0 amide bonds. The predicted octanol–water partition coefficient (Wildman–Crippen LogP) is -11.8. The van der Waals surface area contributed by atoms with E-state index in [0.717, 1.165) is 0 Å². The zero-order valence-corrected chi connectivity index (χ0v) is 17.2. The Morgan fingerprint density at radius 3 is 0.156 bits per heavy atom.